The van der Waals surface area contributed by atoms with E-state index in [1.54, 1.807) is 0 Å². The van der Waals surface area contributed by atoms with Gasteiger partial charge < -0.3 is 9.30 Å². The maximum Gasteiger partial charge on any atom is 0.120 e. The molecule has 3 aromatic rings. The highest BCUT2D eigenvalue weighted by Crippen LogP contribution is 2.44. The summed E-state index contributed by atoms with van der Waals surface area (Å²) in [7, 11) is 0. The second-order valence-electron chi connectivity index (χ2n) is 10.5. The first-order chi connectivity index (χ1) is 14.5. The largest absolute Gasteiger partial charge is 0.490 e. The van der Waals surface area contributed by atoms with Gasteiger partial charge in [0.1, 0.15) is 5.75 Å². The zero-order valence-corrected chi connectivity index (χ0v) is 18.6. The summed E-state index contributed by atoms with van der Waals surface area (Å²) in [5, 5.41) is 1.29. The lowest BCUT2D eigenvalue weighted by Crippen LogP contribution is -2.30. The van der Waals surface area contributed by atoms with Crippen molar-refractivity contribution in [2.24, 2.45) is 11.3 Å². The molecule has 0 atom stereocenters. The summed E-state index contributed by atoms with van der Waals surface area (Å²) in [6.07, 6.45) is 12.0. The number of hydrogen-bond acceptors (Lipinski definition) is 2. The molecule has 0 aliphatic heterocycles. The zero-order chi connectivity index (χ0) is 20.7. The second-order valence-corrected chi connectivity index (χ2v) is 10.5. The fourth-order valence-corrected chi connectivity index (χ4v) is 5.08. The third kappa shape index (κ3) is 4.26. The predicted octanol–water partition coefficient (Wildman–Crippen LogP) is 6.95. The molecule has 0 bridgehead atoms. The fraction of sp³-hybridized carbons (Fsp3) is 0.519. The monoisotopic (exact) mass is 402 g/mol. The highest BCUT2D eigenvalue weighted by molar-refractivity contribution is 5.84. The Balaban J connectivity index is 1.36. The van der Waals surface area contributed by atoms with Gasteiger partial charge in [0.05, 0.1) is 23.9 Å². The van der Waals surface area contributed by atoms with Gasteiger partial charge in [-0.2, -0.15) is 0 Å². The number of fused-ring (bicyclic) bond motifs is 1. The molecular formula is C27H34N2O. The zero-order valence-electron chi connectivity index (χ0n) is 18.6. The van der Waals surface area contributed by atoms with E-state index >= 15 is 0 Å². The molecule has 0 radical (unpaired) electrons. The molecular weight excluding hydrogens is 368 g/mol. The summed E-state index contributed by atoms with van der Waals surface area (Å²) in [4.78, 5) is 4.97. The van der Waals surface area contributed by atoms with Gasteiger partial charge in [0.2, 0.25) is 0 Å². The second kappa shape index (κ2) is 7.76. The van der Waals surface area contributed by atoms with E-state index in [-0.39, 0.29) is 0 Å². The van der Waals surface area contributed by atoms with Gasteiger partial charge in [-0.3, -0.25) is 4.98 Å². The third-order valence-corrected chi connectivity index (χ3v) is 7.09. The van der Waals surface area contributed by atoms with Crippen LogP contribution in [0.3, 0.4) is 0 Å². The molecule has 158 valence electrons. The minimum Gasteiger partial charge on any atom is -0.490 e. The molecule has 0 amide bonds. The van der Waals surface area contributed by atoms with E-state index in [9.17, 15) is 0 Å². The van der Waals surface area contributed by atoms with Crippen molar-refractivity contribution in [2.45, 2.75) is 77.9 Å². The van der Waals surface area contributed by atoms with E-state index in [4.69, 9.17) is 9.72 Å². The van der Waals surface area contributed by atoms with E-state index < -0.39 is 0 Å². The standard InChI is InChI=1S/C27H34N2O/c1-27(2,3)20-8-10-22(11-9-20)30-23-12-13-26-25(17-23)24(19-6-7-19)16-21(28-26)18-29-14-4-5-15-29/h4-5,12-17,19-20,22H,6-11,18H2,1-3H3. The predicted molar refractivity (Wildman–Crippen MR) is 123 cm³/mol. The van der Waals surface area contributed by atoms with Gasteiger partial charge in [-0.1, -0.05) is 20.8 Å². The molecule has 0 unspecified atom stereocenters. The summed E-state index contributed by atoms with van der Waals surface area (Å²) >= 11 is 0. The topological polar surface area (TPSA) is 27.1 Å². The minimum atomic E-state index is 0.353. The van der Waals surface area contributed by atoms with Crippen LogP contribution in [0.1, 0.15) is 76.5 Å². The maximum absolute atomic E-state index is 6.46. The molecule has 1 aromatic carbocycles. The molecule has 2 aliphatic rings. The van der Waals surface area contributed by atoms with E-state index in [1.807, 2.05) is 0 Å². The molecule has 5 rings (SSSR count). The Bertz CT molecular complexity index is 1000. The van der Waals surface area contributed by atoms with E-state index in [0.717, 1.165) is 29.4 Å². The lowest BCUT2D eigenvalue weighted by molar-refractivity contribution is 0.0883. The minimum absolute atomic E-state index is 0.353. The molecule has 3 heteroatoms. The summed E-state index contributed by atoms with van der Waals surface area (Å²) in [5.74, 6) is 2.53. The Kier molecular flexibility index (Phi) is 5.08. The number of benzene rings is 1. The Labute approximate surface area is 180 Å². The van der Waals surface area contributed by atoms with Crippen molar-refractivity contribution < 1.29 is 4.74 Å². The third-order valence-electron chi connectivity index (χ3n) is 7.09. The van der Waals surface area contributed by atoms with Crippen molar-refractivity contribution in [3.05, 3.63) is 60.0 Å². The number of nitrogens with zero attached hydrogens (tertiary/aromatic N) is 2. The van der Waals surface area contributed by atoms with Crippen molar-refractivity contribution in [1.82, 2.24) is 9.55 Å². The molecule has 0 saturated heterocycles. The summed E-state index contributed by atoms with van der Waals surface area (Å²) in [6.45, 7) is 7.95. The summed E-state index contributed by atoms with van der Waals surface area (Å²) in [5.41, 5.74) is 4.13. The van der Waals surface area contributed by atoms with Gasteiger partial charge in [-0.05, 0) is 97.7 Å². The van der Waals surface area contributed by atoms with Crippen LogP contribution in [0.2, 0.25) is 0 Å². The highest BCUT2D eigenvalue weighted by Gasteiger charge is 2.31. The fourth-order valence-electron chi connectivity index (χ4n) is 5.08. The van der Waals surface area contributed by atoms with Gasteiger partial charge in [-0.25, -0.2) is 0 Å². The van der Waals surface area contributed by atoms with Gasteiger partial charge in [0.15, 0.2) is 0 Å². The van der Waals surface area contributed by atoms with Crippen LogP contribution < -0.4 is 4.74 Å². The Morgan fingerprint density at radius 1 is 0.967 bits per heavy atom. The normalized spacial score (nSPS) is 22.4. The molecule has 0 spiro atoms. The molecule has 0 N–H and O–H groups in total. The average Bonchev–Trinajstić information content (AvgIpc) is 3.44. The Morgan fingerprint density at radius 2 is 1.70 bits per heavy atom. The number of pyridine rings is 1. The van der Waals surface area contributed by atoms with Crippen LogP contribution in [-0.4, -0.2) is 15.7 Å². The first-order valence-corrected chi connectivity index (χ1v) is 11.7. The maximum atomic E-state index is 6.46. The van der Waals surface area contributed by atoms with Crippen LogP contribution in [0.4, 0.5) is 0 Å². The Hall–Kier alpha value is -2.29. The summed E-state index contributed by atoms with van der Waals surface area (Å²) in [6, 6.07) is 13.0. The van der Waals surface area contributed by atoms with E-state index in [1.165, 1.54) is 49.5 Å². The number of aromatic nitrogens is 2. The summed E-state index contributed by atoms with van der Waals surface area (Å²) < 4.78 is 8.65. The van der Waals surface area contributed by atoms with Gasteiger partial charge in [-0.15, -0.1) is 0 Å². The SMILES string of the molecule is CC(C)(C)C1CCC(Oc2ccc3nc(Cn4cccc4)cc(C4CC4)c3c2)CC1. The molecule has 2 aliphatic carbocycles. The van der Waals surface area contributed by atoms with Gasteiger partial charge in [0, 0.05) is 17.8 Å². The highest BCUT2D eigenvalue weighted by atomic mass is 16.5. The van der Waals surface area contributed by atoms with Crippen molar-refractivity contribution >= 4 is 10.9 Å². The van der Waals surface area contributed by atoms with Crippen molar-refractivity contribution in [2.75, 3.05) is 0 Å². The first kappa shape index (κ1) is 19.7. The molecule has 2 heterocycles. The van der Waals surface area contributed by atoms with Gasteiger partial charge >= 0.3 is 0 Å². The molecule has 2 saturated carbocycles. The smallest absolute Gasteiger partial charge is 0.120 e. The number of rotatable bonds is 5. The Morgan fingerprint density at radius 3 is 2.37 bits per heavy atom. The van der Waals surface area contributed by atoms with E-state index in [0.29, 0.717) is 17.4 Å². The number of ether oxygens (including phenoxy) is 1. The van der Waals surface area contributed by atoms with Crippen LogP contribution in [-0.2, 0) is 6.54 Å². The first-order valence-electron chi connectivity index (χ1n) is 11.7. The average molecular weight is 403 g/mol. The molecule has 2 aromatic heterocycles. The van der Waals surface area contributed by atoms with Crippen LogP contribution in [0.15, 0.2) is 48.8 Å². The lowest BCUT2D eigenvalue weighted by Gasteiger charge is -2.37. The van der Waals surface area contributed by atoms with Crippen molar-refractivity contribution in [3.63, 3.8) is 0 Å². The van der Waals surface area contributed by atoms with Gasteiger partial charge in [0.25, 0.3) is 0 Å². The van der Waals surface area contributed by atoms with Crippen molar-refractivity contribution in [3.8, 4) is 5.75 Å². The van der Waals surface area contributed by atoms with Crippen LogP contribution >= 0.6 is 0 Å². The van der Waals surface area contributed by atoms with Crippen LogP contribution in [0.25, 0.3) is 10.9 Å². The molecule has 3 nitrogen and oxygen atoms in total. The number of hydrogen-bond donors (Lipinski definition) is 0. The quantitative estimate of drug-likeness (QED) is 0.462. The molecule has 2 fully saturated rings. The van der Waals surface area contributed by atoms with Crippen LogP contribution in [0, 0.1) is 11.3 Å². The molecule has 30 heavy (non-hydrogen) atoms. The van der Waals surface area contributed by atoms with Crippen LogP contribution in [0.5, 0.6) is 5.75 Å². The van der Waals surface area contributed by atoms with E-state index in [2.05, 4.69) is 74.1 Å². The van der Waals surface area contributed by atoms with Crippen molar-refractivity contribution in [1.29, 1.82) is 0 Å². The lowest BCUT2D eigenvalue weighted by atomic mass is 9.72.